The number of hydrogen-bond acceptors (Lipinski definition) is 5. The predicted molar refractivity (Wildman–Crippen MR) is 134 cm³/mol. The Kier molecular flexibility index (Phi) is 6.41. The average Bonchev–Trinajstić information content (AvgIpc) is 3.16. The highest BCUT2D eigenvalue weighted by molar-refractivity contribution is 5.79. The smallest absolute Gasteiger partial charge is 0.311 e. The zero-order valence-corrected chi connectivity index (χ0v) is 21.1. The lowest BCUT2D eigenvalue weighted by molar-refractivity contribution is -0.139. The Morgan fingerprint density at radius 3 is 2.54 bits per heavy atom. The van der Waals surface area contributed by atoms with Gasteiger partial charge in [-0.15, -0.1) is 0 Å². The summed E-state index contributed by atoms with van der Waals surface area (Å²) >= 11 is 0. The van der Waals surface area contributed by atoms with Crippen molar-refractivity contribution in [2.75, 3.05) is 13.2 Å². The van der Waals surface area contributed by atoms with Gasteiger partial charge in [0.1, 0.15) is 17.8 Å². The molecule has 2 aromatic rings. The van der Waals surface area contributed by atoms with Crippen LogP contribution < -0.4 is 10.1 Å². The molecule has 1 fully saturated rings. The van der Waals surface area contributed by atoms with Gasteiger partial charge in [0.15, 0.2) is 0 Å². The molecule has 188 valence electrons. The molecule has 6 heteroatoms. The lowest BCUT2D eigenvalue weighted by Crippen LogP contribution is -2.45. The van der Waals surface area contributed by atoms with Crippen LogP contribution in [0.2, 0.25) is 0 Å². The van der Waals surface area contributed by atoms with Gasteiger partial charge < -0.3 is 25.0 Å². The topological polar surface area (TPSA) is 88.0 Å². The molecule has 0 saturated heterocycles. The van der Waals surface area contributed by atoms with E-state index >= 15 is 0 Å². The molecule has 1 heterocycles. The van der Waals surface area contributed by atoms with Gasteiger partial charge in [-0.3, -0.25) is 4.79 Å². The number of aryl methyl sites for hydroxylation is 1. The number of carbonyl (C=O) groups is 1. The van der Waals surface area contributed by atoms with E-state index in [4.69, 9.17) is 9.47 Å². The van der Waals surface area contributed by atoms with Gasteiger partial charge in [0, 0.05) is 23.6 Å². The molecular weight excluding hydrogens is 442 g/mol. The van der Waals surface area contributed by atoms with E-state index < -0.39 is 18.0 Å². The van der Waals surface area contributed by atoms with Crippen molar-refractivity contribution in [3.63, 3.8) is 0 Å². The molecule has 1 saturated carbocycles. The third-order valence-corrected chi connectivity index (χ3v) is 7.98. The largest absolute Gasteiger partial charge is 0.488 e. The minimum absolute atomic E-state index is 0.0821. The molecule has 3 aliphatic rings. The Balaban J connectivity index is 1.12. The second kappa shape index (κ2) is 9.23. The number of nitrogens with one attached hydrogen (secondary N) is 1. The lowest BCUT2D eigenvalue weighted by atomic mass is 9.88. The van der Waals surface area contributed by atoms with Crippen molar-refractivity contribution in [3.8, 4) is 5.75 Å². The molecule has 0 aromatic heterocycles. The van der Waals surface area contributed by atoms with Gasteiger partial charge in [-0.2, -0.15) is 0 Å². The highest BCUT2D eigenvalue weighted by atomic mass is 16.5. The second-order valence-corrected chi connectivity index (χ2v) is 11.3. The zero-order valence-electron chi connectivity index (χ0n) is 21.1. The summed E-state index contributed by atoms with van der Waals surface area (Å²) in [6, 6.07) is 12.7. The van der Waals surface area contributed by atoms with E-state index in [9.17, 15) is 15.0 Å². The highest BCUT2D eigenvalue weighted by Crippen LogP contribution is 2.61. The van der Waals surface area contributed by atoms with Crippen LogP contribution in [0.25, 0.3) is 0 Å². The first kappa shape index (κ1) is 24.3. The van der Waals surface area contributed by atoms with Gasteiger partial charge >= 0.3 is 5.97 Å². The third-order valence-electron chi connectivity index (χ3n) is 7.98. The first-order valence-corrected chi connectivity index (χ1v) is 12.8. The molecule has 2 aromatic carbocycles. The number of benzene rings is 2. The van der Waals surface area contributed by atoms with Gasteiger partial charge in [-0.1, -0.05) is 36.4 Å². The number of rotatable bonds is 10. The van der Waals surface area contributed by atoms with E-state index in [2.05, 4.69) is 43.4 Å². The number of aliphatic hydroxyl groups excluding tert-OH is 1. The van der Waals surface area contributed by atoms with Gasteiger partial charge in [-0.05, 0) is 75.1 Å². The standard InChI is InChI=1S/C29H37NO5/c1-16-9-10-22(23-24-25(28(32)33)27(24)35-26(16)23)17(2)34-15-21(31)14-30-29(3,4)13-18-11-19-7-5-6-8-20(19)12-18/h5-10,17-18,21,24-25,27,30-31H,11-15H2,1-4H3,(H,32,33). The maximum absolute atomic E-state index is 11.5. The molecule has 5 atom stereocenters. The number of aliphatic carboxylic acids is 1. The summed E-state index contributed by atoms with van der Waals surface area (Å²) in [5.74, 6) is 0.0493. The summed E-state index contributed by atoms with van der Waals surface area (Å²) in [5, 5.41) is 23.6. The van der Waals surface area contributed by atoms with E-state index in [0.717, 1.165) is 41.7 Å². The summed E-state index contributed by atoms with van der Waals surface area (Å²) in [6.45, 7) is 9.01. The first-order chi connectivity index (χ1) is 16.6. The number of ether oxygens (including phenoxy) is 2. The molecule has 3 N–H and O–H groups in total. The third kappa shape index (κ3) is 4.84. The predicted octanol–water partition coefficient (Wildman–Crippen LogP) is 4.17. The van der Waals surface area contributed by atoms with Gasteiger partial charge in [0.05, 0.1) is 18.8 Å². The van der Waals surface area contributed by atoms with Crippen LogP contribution >= 0.6 is 0 Å². The summed E-state index contributed by atoms with van der Waals surface area (Å²) in [7, 11) is 0. The van der Waals surface area contributed by atoms with E-state index in [1.807, 2.05) is 26.0 Å². The normalized spacial score (nSPS) is 24.3. The fourth-order valence-electron chi connectivity index (χ4n) is 6.17. The Morgan fingerprint density at radius 1 is 1.20 bits per heavy atom. The molecule has 5 unspecified atom stereocenters. The van der Waals surface area contributed by atoms with Gasteiger partial charge in [0.25, 0.3) is 0 Å². The van der Waals surface area contributed by atoms with Crippen LogP contribution in [0.4, 0.5) is 0 Å². The fraction of sp³-hybridized carbons (Fsp3) is 0.552. The van der Waals surface area contributed by atoms with Crippen LogP contribution in [-0.4, -0.2) is 47.1 Å². The van der Waals surface area contributed by atoms with Crippen molar-refractivity contribution < 1.29 is 24.5 Å². The van der Waals surface area contributed by atoms with Crippen LogP contribution in [0, 0.1) is 18.8 Å². The van der Waals surface area contributed by atoms with E-state index in [1.54, 1.807) is 0 Å². The number of aliphatic hydroxyl groups is 1. The van der Waals surface area contributed by atoms with E-state index in [-0.39, 0.29) is 30.3 Å². The Bertz CT molecular complexity index is 1090. The molecular formula is C29H37NO5. The highest BCUT2D eigenvalue weighted by Gasteiger charge is 2.64. The number of β-amino-alcohol motifs (C(OH)–C–C–N with tert-alkyl or cyclic N) is 1. The summed E-state index contributed by atoms with van der Waals surface area (Å²) in [6.07, 6.45) is 2.14. The van der Waals surface area contributed by atoms with Gasteiger partial charge in [-0.25, -0.2) is 0 Å². The van der Waals surface area contributed by atoms with E-state index in [1.165, 1.54) is 11.1 Å². The van der Waals surface area contributed by atoms with Crippen LogP contribution in [0.1, 0.15) is 67.0 Å². The molecule has 1 aliphatic heterocycles. The maximum atomic E-state index is 11.5. The van der Waals surface area contributed by atoms with Crippen molar-refractivity contribution in [1.82, 2.24) is 5.32 Å². The van der Waals surface area contributed by atoms with Crippen LogP contribution in [0.3, 0.4) is 0 Å². The average molecular weight is 480 g/mol. The van der Waals surface area contributed by atoms with Crippen molar-refractivity contribution in [2.24, 2.45) is 11.8 Å². The first-order valence-electron chi connectivity index (χ1n) is 12.8. The Labute approximate surface area is 207 Å². The minimum atomic E-state index is -0.808. The van der Waals surface area contributed by atoms with Crippen molar-refractivity contribution >= 4 is 5.97 Å². The number of hydrogen-bond donors (Lipinski definition) is 3. The molecule has 5 rings (SSSR count). The monoisotopic (exact) mass is 479 g/mol. The molecule has 0 bridgehead atoms. The molecule has 0 spiro atoms. The second-order valence-electron chi connectivity index (χ2n) is 11.3. The SMILES string of the molecule is Cc1ccc(C(C)OCC(O)CNC(C)(C)CC2Cc3ccccc3C2)c2c1OC1C(C(=O)O)C21. The van der Waals surface area contributed by atoms with Crippen molar-refractivity contribution in [3.05, 3.63) is 64.2 Å². The van der Waals surface area contributed by atoms with E-state index in [0.29, 0.717) is 12.5 Å². The number of fused-ring (bicyclic) bond motifs is 4. The lowest BCUT2D eigenvalue weighted by Gasteiger charge is -2.31. The quantitative estimate of drug-likeness (QED) is 0.474. The Morgan fingerprint density at radius 2 is 1.89 bits per heavy atom. The number of carboxylic acids is 1. The zero-order chi connectivity index (χ0) is 24.9. The maximum Gasteiger partial charge on any atom is 0.311 e. The van der Waals surface area contributed by atoms with Gasteiger partial charge in [0.2, 0.25) is 0 Å². The summed E-state index contributed by atoms with van der Waals surface area (Å²) < 4.78 is 12.0. The van der Waals surface area contributed by atoms with Crippen molar-refractivity contribution in [2.45, 2.75) is 76.7 Å². The summed E-state index contributed by atoms with van der Waals surface area (Å²) in [4.78, 5) is 11.5. The van der Waals surface area contributed by atoms with Crippen LogP contribution in [-0.2, 0) is 22.4 Å². The minimum Gasteiger partial charge on any atom is -0.488 e. The number of carboxylic acid groups (broad SMARTS) is 1. The Hall–Kier alpha value is -2.41. The van der Waals surface area contributed by atoms with Crippen molar-refractivity contribution in [1.29, 1.82) is 0 Å². The molecule has 35 heavy (non-hydrogen) atoms. The fourth-order valence-corrected chi connectivity index (χ4v) is 6.17. The molecule has 2 aliphatic carbocycles. The molecule has 0 radical (unpaired) electrons. The van der Waals surface area contributed by atoms with Crippen LogP contribution in [0.5, 0.6) is 5.75 Å². The summed E-state index contributed by atoms with van der Waals surface area (Å²) in [5.41, 5.74) is 5.81. The molecule has 0 amide bonds. The van der Waals surface area contributed by atoms with Crippen LogP contribution in [0.15, 0.2) is 36.4 Å². The molecule has 6 nitrogen and oxygen atoms in total.